The highest BCUT2D eigenvalue weighted by Crippen LogP contribution is 2.25. The molecule has 3 nitrogen and oxygen atoms in total. The number of nitrogens with one attached hydrogen (secondary N) is 2. The van der Waals surface area contributed by atoms with Gasteiger partial charge in [0.25, 0.3) is 0 Å². The van der Waals surface area contributed by atoms with Crippen molar-refractivity contribution in [1.82, 2.24) is 10.6 Å². The van der Waals surface area contributed by atoms with Gasteiger partial charge in [-0.2, -0.15) is 0 Å². The minimum absolute atomic E-state index is 0.126. The highest BCUT2D eigenvalue weighted by Gasteiger charge is 2.27. The number of carbonyl (C=O) groups is 1. The van der Waals surface area contributed by atoms with Gasteiger partial charge in [0.05, 0.1) is 0 Å². The van der Waals surface area contributed by atoms with Crippen LogP contribution in [-0.4, -0.2) is 25.0 Å². The lowest BCUT2D eigenvalue weighted by molar-refractivity contribution is -0.126. The van der Waals surface area contributed by atoms with Gasteiger partial charge in [-0.25, -0.2) is 0 Å². The highest BCUT2D eigenvalue weighted by molar-refractivity contribution is 6.30. The predicted octanol–water partition coefficient (Wildman–Crippen LogP) is 3.12. The Hall–Kier alpha value is -1.06. The zero-order valence-electron chi connectivity index (χ0n) is 13.1. The van der Waals surface area contributed by atoms with Crippen LogP contribution >= 0.6 is 11.6 Å². The number of carbonyl (C=O) groups excluding carboxylic acids is 1. The summed E-state index contributed by atoms with van der Waals surface area (Å²) < 4.78 is 0. The molecule has 21 heavy (non-hydrogen) atoms. The van der Waals surface area contributed by atoms with Crippen molar-refractivity contribution in [2.75, 3.05) is 13.1 Å². The summed E-state index contributed by atoms with van der Waals surface area (Å²) in [5.41, 5.74) is 1.02. The molecule has 0 spiro atoms. The molecule has 1 aliphatic heterocycles. The van der Waals surface area contributed by atoms with Crippen molar-refractivity contribution in [2.45, 2.75) is 45.1 Å². The largest absolute Gasteiger partial charge is 0.355 e. The van der Waals surface area contributed by atoms with Crippen molar-refractivity contribution in [3.8, 4) is 0 Å². The molecule has 0 unspecified atom stereocenters. The first-order valence-electron chi connectivity index (χ1n) is 7.65. The molecule has 0 aliphatic carbocycles. The van der Waals surface area contributed by atoms with E-state index in [0.717, 1.165) is 30.0 Å². The van der Waals surface area contributed by atoms with Crippen LogP contribution in [0.15, 0.2) is 24.3 Å². The molecule has 2 rings (SSSR count). The summed E-state index contributed by atoms with van der Waals surface area (Å²) in [4.78, 5) is 12.3. The van der Waals surface area contributed by atoms with Gasteiger partial charge in [0, 0.05) is 28.9 Å². The van der Waals surface area contributed by atoms with Crippen LogP contribution in [0.2, 0.25) is 5.02 Å². The van der Waals surface area contributed by atoms with Gasteiger partial charge < -0.3 is 10.6 Å². The molecular formula is C17H25ClN2O. The zero-order chi connectivity index (χ0) is 15.5. The second-order valence-corrected chi connectivity index (χ2v) is 7.12. The first kappa shape index (κ1) is 16.3. The van der Waals surface area contributed by atoms with E-state index in [-0.39, 0.29) is 17.2 Å². The van der Waals surface area contributed by atoms with Gasteiger partial charge in [0.1, 0.15) is 0 Å². The third-order valence-electron chi connectivity index (χ3n) is 4.31. The van der Waals surface area contributed by atoms with Crippen LogP contribution in [0, 0.1) is 5.92 Å². The van der Waals surface area contributed by atoms with Crippen molar-refractivity contribution < 1.29 is 4.79 Å². The van der Waals surface area contributed by atoms with E-state index in [1.54, 1.807) is 0 Å². The highest BCUT2D eigenvalue weighted by atomic mass is 35.5. The van der Waals surface area contributed by atoms with Crippen LogP contribution in [0.25, 0.3) is 0 Å². The van der Waals surface area contributed by atoms with Crippen LogP contribution in [0.4, 0.5) is 0 Å². The Morgan fingerprint density at radius 3 is 2.90 bits per heavy atom. The summed E-state index contributed by atoms with van der Waals surface area (Å²) in [6.07, 6.45) is 1.84. The topological polar surface area (TPSA) is 41.1 Å². The van der Waals surface area contributed by atoms with E-state index in [9.17, 15) is 4.79 Å². The Morgan fingerprint density at radius 1 is 1.48 bits per heavy atom. The van der Waals surface area contributed by atoms with Crippen molar-refractivity contribution in [3.05, 3.63) is 34.9 Å². The molecule has 0 bridgehead atoms. The minimum atomic E-state index is -0.126. The SMILES string of the molecule is C[C@H]1C[C@@H](C(=O)NCC(C)(C)c2cccc(Cl)c2)CCN1. The van der Waals surface area contributed by atoms with Crippen molar-refractivity contribution in [3.63, 3.8) is 0 Å². The molecule has 2 N–H and O–H groups in total. The Bertz CT molecular complexity index is 501. The fourth-order valence-electron chi connectivity index (χ4n) is 2.83. The third kappa shape index (κ3) is 4.45. The van der Waals surface area contributed by atoms with E-state index < -0.39 is 0 Å². The maximum absolute atomic E-state index is 12.3. The molecule has 116 valence electrons. The summed E-state index contributed by atoms with van der Waals surface area (Å²) >= 11 is 6.06. The van der Waals surface area contributed by atoms with Gasteiger partial charge in [0.15, 0.2) is 0 Å². The fourth-order valence-corrected chi connectivity index (χ4v) is 3.02. The van der Waals surface area contributed by atoms with Crippen LogP contribution in [0.3, 0.4) is 0 Å². The Kier molecular flexibility index (Phi) is 5.28. The maximum Gasteiger partial charge on any atom is 0.223 e. The average Bonchev–Trinajstić information content (AvgIpc) is 2.45. The third-order valence-corrected chi connectivity index (χ3v) is 4.54. The number of rotatable bonds is 4. The number of benzene rings is 1. The number of hydrogen-bond donors (Lipinski definition) is 2. The Morgan fingerprint density at radius 2 is 2.24 bits per heavy atom. The lowest BCUT2D eigenvalue weighted by Gasteiger charge is -2.30. The van der Waals surface area contributed by atoms with Gasteiger partial charge in [-0.05, 0) is 44.0 Å². The van der Waals surface area contributed by atoms with E-state index >= 15 is 0 Å². The van der Waals surface area contributed by atoms with Gasteiger partial charge in [0.2, 0.25) is 5.91 Å². The predicted molar refractivity (Wildman–Crippen MR) is 87.7 cm³/mol. The molecule has 1 fully saturated rings. The summed E-state index contributed by atoms with van der Waals surface area (Å²) in [6, 6.07) is 8.28. The number of amides is 1. The molecule has 0 aromatic heterocycles. The molecule has 1 saturated heterocycles. The Labute approximate surface area is 132 Å². The number of hydrogen-bond acceptors (Lipinski definition) is 2. The molecule has 1 aromatic carbocycles. The molecule has 0 saturated carbocycles. The molecule has 1 heterocycles. The van der Waals surface area contributed by atoms with Crippen molar-refractivity contribution >= 4 is 17.5 Å². The average molecular weight is 309 g/mol. The number of halogens is 1. The molecule has 2 atom stereocenters. The lowest BCUT2D eigenvalue weighted by Crippen LogP contribution is -2.45. The second-order valence-electron chi connectivity index (χ2n) is 6.69. The summed E-state index contributed by atoms with van der Waals surface area (Å²) in [5, 5.41) is 7.23. The normalized spacial score (nSPS) is 22.9. The quantitative estimate of drug-likeness (QED) is 0.897. The van der Waals surface area contributed by atoms with E-state index in [1.165, 1.54) is 0 Å². The standard InChI is InChI=1S/C17H25ClN2O/c1-12-9-13(7-8-19-12)16(21)20-11-17(2,3)14-5-4-6-15(18)10-14/h4-6,10,12-13,19H,7-9,11H2,1-3H3,(H,20,21)/t12-,13-/m0/s1. The van der Waals surface area contributed by atoms with E-state index in [4.69, 9.17) is 11.6 Å². The molecule has 4 heteroatoms. The van der Waals surface area contributed by atoms with Crippen LogP contribution < -0.4 is 10.6 Å². The van der Waals surface area contributed by atoms with Gasteiger partial charge in [-0.15, -0.1) is 0 Å². The van der Waals surface area contributed by atoms with Crippen LogP contribution in [0.5, 0.6) is 0 Å². The fraction of sp³-hybridized carbons (Fsp3) is 0.588. The van der Waals surface area contributed by atoms with Crippen LogP contribution in [0.1, 0.15) is 39.2 Å². The van der Waals surface area contributed by atoms with Crippen molar-refractivity contribution in [2.24, 2.45) is 5.92 Å². The van der Waals surface area contributed by atoms with Crippen LogP contribution in [-0.2, 0) is 10.2 Å². The van der Waals surface area contributed by atoms with Crippen molar-refractivity contribution in [1.29, 1.82) is 0 Å². The molecule has 1 aliphatic rings. The van der Waals surface area contributed by atoms with E-state index in [2.05, 4.69) is 37.5 Å². The first-order valence-corrected chi connectivity index (χ1v) is 8.03. The van der Waals surface area contributed by atoms with E-state index in [0.29, 0.717) is 12.6 Å². The lowest BCUT2D eigenvalue weighted by atomic mass is 9.84. The Balaban J connectivity index is 1.93. The van der Waals surface area contributed by atoms with Gasteiger partial charge in [-0.3, -0.25) is 4.79 Å². The minimum Gasteiger partial charge on any atom is -0.355 e. The monoisotopic (exact) mass is 308 g/mol. The summed E-state index contributed by atoms with van der Waals surface area (Å²) in [6.45, 7) is 7.95. The first-order chi connectivity index (χ1) is 9.88. The summed E-state index contributed by atoms with van der Waals surface area (Å²) in [5.74, 6) is 0.315. The van der Waals surface area contributed by atoms with E-state index in [1.807, 2.05) is 18.2 Å². The zero-order valence-corrected chi connectivity index (χ0v) is 13.8. The summed E-state index contributed by atoms with van der Waals surface area (Å²) in [7, 11) is 0. The number of piperidine rings is 1. The molecule has 1 amide bonds. The smallest absolute Gasteiger partial charge is 0.223 e. The molecule has 0 radical (unpaired) electrons. The van der Waals surface area contributed by atoms with Gasteiger partial charge >= 0.3 is 0 Å². The molecular weight excluding hydrogens is 284 g/mol. The maximum atomic E-state index is 12.3. The molecule has 1 aromatic rings. The second kappa shape index (κ2) is 6.80. The van der Waals surface area contributed by atoms with Gasteiger partial charge in [-0.1, -0.05) is 37.6 Å².